The van der Waals surface area contributed by atoms with E-state index in [-0.39, 0.29) is 17.7 Å². The number of benzene rings is 2. The Labute approximate surface area is 150 Å². The Kier molecular flexibility index (Phi) is 4.23. The second-order valence-corrected chi connectivity index (χ2v) is 6.29. The summed E-state index contributed by atoms with van der Waals surface area (Å²) in [5.74, 6) is -1.41. The van der Waals surface area contributed by atoms with Gasteiger partial charge in [0.15, 0.2) is 0 Å². The molecule has 0 bridgehead atoms. The minimum absolute atomic E-state index is 0.158. The molecule has 0 radical (unpaired) electrons. The highest BCUT2D eigenvalue weighted by atomic mass is 16.2. The van der Waals surface area contributed by atoms with Crippen molar-refractivity contribution in [3.8, 4) is 11.1 Å². The third kappa shape index (κ3) is 3.09. The van der Waals surface area contributed by atoms with E-state index >= 15 is 0 Å². The molecule has 0 aliphatic carbocycles. The molecule has 1 aliphatic heterocycles. The summed E-state index contributed by atoms with van der Waals surface area (Å²) in [5.41, 5.74) is 3.62. The van der Waals surface area contributed by atoms with Crippen LogP contribution in [0.5, 0.6) is 0 Å². The van der Waals surface area contributed by atoms with E-state index in [0.29, 0.717) is 12.2 Å². The van der Waals surface area contributed by atoms with E-state index in [9.17, 15) is 9.59 Å². The molecular formula is C20H18N4O2. The zero-order valence-electron chi connectivity index (χ0n) is 14.0. The van der Waals surface area contributed by atoms with Crippen LogP contribution in [0.25, 0.3) is 11.1 Å². The van der Waals surface area contributed by atoms with Crippen molar-refractivity contribution in [2.75, 3.05) is 11.9 Å². The van der Waals surface area contributed by atoms with Crippen LogP contribution < -0.4 is 10.6 Å². The Morgan fingerprint density at radius 2 is 1.81 bits per heavy atom. The summed E-state index contributed by atoms with van der Waals surface area (Å²) in [4.78, 5) is 25.0. The van der Waals surface area contributed by atoms with Gasteiger partial charge in [0.1, 0.15) is 5.92 Å². The number of aromatic nitrogens is 2. The molecule has 6 nitrogen and oxygen atoms in total. The quantitative estimate of drug-likeness (QED) is 0.635. The molecule has 3 N–H and O–H groups in total. The first-order chi connectivity index (χ1) is 12.7. The fourth-order valence-electron chi connectivity index (χ4n) is 3.31. The van der Waals surface area contributed by atoms with Crippen molar-refractivity contribution in [2.45, 2.75) is 5.92 Å². The predicted molar refractivity (Wildman–Crippen MR) is 98.3 cm³/mol. The number of rotatable bonds is 4. The molecule has 3 aromatic rings. The molecule has 1 fully saturated rings. The van der Waals surface area contributed by atoms with E-state index in [0.717, 1.165) is 16.7 Å². The Morgan fingerprint density at radius 1 is 1.04 bits per heavy atom. The first-order valence-corrected chi connectivity index (χ1v) is 8.45. The van der Waals surface area contributed by atoms with Crippen LogP contribution in [-0.2, 0) is 9.59 Å². The van der Waals surface area contributed by atoms with Crippen molar-refractivity contribution in [2.24, 2.45) is 5.92 Å². The van der Waals surface area contributed by atoms with Crippen LogP contribution in [0.15, 0.2) is 67.0 Å². The Balaban J connectivity index is 1.50. The molecule has 2 atom stereocenters. The normalized spacial score (nSPS) is 19.2. The van der Waals surface area contributed by atoms with Gasteiger partial charge < -0.3 is 10.6 Å². The highest BCUT2D eigenvalue weighted by Crippen LogP contribution is 2.30. The highest BCUT2D eigenvalue weighted by Gasteiger charge is 2.40. The van der Waals surface area contributed by atoms with Crippen molar-refractivity contribution in [3.63, 3.8) is 0 Å². The number of aromatic amines is 1. The minimum Gasteiger partial charge on any atom is -0.355 e. The number of H-pyrrole nitrogens is 1. The lowest BCUT2D eigenvalue weighted by Crippen LogP contribution is -2.32. The van der Waals surface area contributed by atoms with Crippen molar-refractivity contribution in [1.82, 2.24) is 15.5 Å². The van der Waals surface area contributed by atoms with Crippen LogP contribution in [0, 0.1) is 5.92 Å². The maximum absolute atomic E-state index is 12.7. The van der Waals surface area contributed by atoms with E-state index in [2.05, 4.69) is 20.8 Å². The molecule has 2 aromatic carbocycles. The van der Waals surface area contributed by atoms with Gasteiger partial charge in [-0.2, -0.15) is 5.10 Å². The molecule has 1 aliphatic rings. The fourth-order valence-corrected chi connectivity index (χ4v) is 3.31. The average molecular weight is 346 g/mol. The molecule has 1 aromatic heterocycles. The summed E-state index contributed by atoms with van der Waals surface area (Å²) in [6.07, 6.45) is 3.54. The van der Waals surface area contributed by atoms with Gasteiger partial charge in [0.2, 0.25) is 11.8 Å². The van der Waals surface area contributed by atoms with Crippen LogP contribution >= 0.6 is 0 Å². The topological polar surface area (TPSA) is 86.9 Å². The first-order valence-electron chi connectivity index (χ1n) is 8.45. The number of carbonyl (C=O) groups excluding carboxylic acids is 2. The van der Waals surface area contributed by atoms with Crippen LogP contribution in [0.1, 0.15) is 11.5 Å². The van der Waals surface area contributed by atoms with Crippen LogP contribution in [0.3, 0.4) is 0 Å². The van der Waals surface area contributed by atoms with Gasteiger partial charge in [-0.1, -0.05) is 42.5 Å². The Morgan fingerprint density at radius 3 is 2.50 bits per heavy atom. The molecule has 1 saturated heterocycles. The molecule has 6 heteroatoms. The van der Waals surface area contributed by atoms with E-state index in [1.807, 2.05) is 54.6 Å². The van der Waals surface area contributed by atoms with Crippen molar-refractivity contribution in [3.05, 3.63) is 72.6 Å². The summed E-state index contributed by atoms with van der Waals surface area (Å²) in [6, 6.07) is 17.1. The fraction of sp³-hybridized carbons (Fsp3) is 0.150. The lowest BCUT2D eigenvalue weighted by atomic mass is 9.88. The molecule has 2 unspecified atom stereocenters. The molecule has 130 valence electrons. The van der Waals surface area contributed by atoms with Gasteiger partial charge in [-0.25, -0.2) is 0 Å². The lowest BCUT2D eigenvalue weighted by molar-refractivity contribution is -0.130. The first kappa shape index (κ1) is 16.1. The monoisotopic (exact) mass is 346 g/mol. The molecule has 0 spiro atoms. The van der Waals surface area contributed by atoms with E-state index in [4.69, 9.17) is 0 Å². The number of hydrogen-bond acceptors (Lipinski definition) is 3. The summed E-state index contributed by atoms with van der Waals surface area (Å²) < 4.78 is 0. The molecule has 0 saturated carbocycles. The molecule has 2 amide bonds. The summed E-state index contributed by atoms with van der Waals surface area (Å²) >= 11 is 0. The van der Waals surface area contributed by atoms with E-state index in [1.165, 1.54) is 0 Å². The van der Waals surface area contributed by atoms with Crippen LogP contribution in [-0.4, -0.2) is 28.6 Å². The number of anilines is 1. The van der Waals surface area contributed by atoms with E-state index in [1.54, 1.807) is 12.4 Å². The largest absolute Gasteiger partial charge is 0.355 e. The van der Waals surface area contributed by atoms with Gasteiger partial charge in [-0.3, -0.25) is 14.7 Å². The minimum atomic E-state index is -0.731. The zero-order chi connectivity index (χ0) is 17.9. The third-order valence-corrected chi connectivity index (χ3v) is 4.68. The van der Waals surface area contributed by atoms with Gasteiger partial charge in [-0.15, -0.1) is 0 Å². The summed E-state index contributed by atoms with van der Waals surface area (Å²) in [7, 11) is 0. The zero-order valence-corrected chi connectivity index (χ0v) is 14.0. The second-order valence-electron chi connectivity index (χ2n) is 6.29. The predicted octanol–water partition coefficient (Wildman–Crippen LogP) is 2.54. The molecule has 2 heterocycles. The van der Waals surface area contributed by atoms with Crippen molar-refractivity contribution >= 4 is 17.5 Å². The van der Waals surface area contributed by atoms with Gasteiger partial charge in [0, 0.05) is 29.9 Å². The van der Waals surface area contributed by atoms with Gasteiger partial charge >= 0.3 is 0 Å². The van der Waals surface area contributed by atoms with E-state index < -0.39 is 5.92 Å². The second kappa shape index (κ2) is 6.84. The standard InChI is InChI=1S/C20H18N4O2/c25-19-18(17(12-21-19)14-4-2-1-3-5-14)20(26)24-16-8-6-13(7-9-16)15-10-22-23-11-15/h1-11,17-18H,12H2,(H,21,25)(H,22,23)(H,24,26). The molecular weight excluding hydrogens is 328 g/mol. The Bertz CT molecular complexity index is 905. The number of hydrogen-bond donors (Lipinski definition) is 3. The van der Waals surface area contributed by atoms with Crippen molar-refractivity contribution < 1.29 is 9.59 Å². The SMILES string of the molecule is O=C1NCC(c2ccccc2)C1C(=O)Nc1ccc(-c2cn[nH]c2)cc1. The number of carbonyl (C=O) groups is 2. The Hall–Kier alpha value is -3.41. The molecule has 26 heavy (non-hydrogen) atoms. The summed E-state index contributed by atoms with van der Waals surface area (Å²) in [5, 5.41) is 12.4. The molecule has 4 rings (SSSR count). The number of amides is 2. The van der Waals surface area contributed by atoms with Crippen molar-refractivity contribution in [1.29, 1.82) is 0 Å². The third-order valence-electron chi connectivity index (χ3n) is 4.68. The van der Waals surface area contributed by atoms with Crippen LogP contribution in [0.2, 0.25) is 0 Å². The van der Waals surface area contributed by atoms with Gasteiger partial charge in [-0.05, 0) is 23.3 Å². The maximum atomic E-state index is 12.7. The number of nitrogens with one attached hydrogen (secondary N) is 3. The van der Waals surface area contributed by atoms with Gasteiger partial charge in [0.05, 0.1) is 6.20 Å². The lowest BCUT2D eigenvalue weighted by Gasteiger charge is -2.17. The maximum Gasteiger partial charge on any atom is 0.237 e. The smallest absolute Gasteiger partial charge is 0.237 e. The van der Waals surface area contributed by atoms with Gasteiger partial charge in [0.25, 0.3) is 0 Å². The summed E-state index contributed by atoms with van der Waals surface area (Å²) in [6.45, 7) is 0.473. The number of nitrogens with zero attached hydrogens (tertiary/aromatic N) is 1. The van der Waals surface area contributed by atoms with Crippen LogP contribution in [0.4, 0.5) is 5.69 Å². The average Bonchev–Trinajstić information content (AvgIpc) is 3.33. The highest BCUT2D eigenvalue weighted by molar-refractivity contribution is 6.08.